The van der Waals surface area contributed by atoms with Gasteiger partial charge in [-0.05, 0) is 18.1 Å². The Morgan fingerprint density at radius 1 is 1.35 bits per heavy atom. The quantitative estimate of drug-likeness (QED) is 0.555. The minimum Gasteiger partial charge on any atom is -0.490 e. The number of hydrogen-bond donors (Lipinski definition) is 0. The Bertz CT molecular complexity index is 364. The summed E-state index contributed by atoms with van der Waals surface area (Å²) in [6.07, 6.45) is 0.701. The summed E-state index contributed by atoms with van der Waals surface area (Å²) < 4.78 is 10.8. The number of benzene rings is 1. The second-order valence-electron chi connectivity index (χ2n) is 4.09. The highest BCUT2D eigenvalue weighted by Crippen LogP contribution is 2.24. The molecule has 0 N–H and O–H groups in total. The third kappa shape index (κ3) is 4.75. The molecular formula is C13H17ClO3. The van der Waals surface area contributed by atoms with E-state index >= 15 is 0 Å². The molecule has 0 unspecified atom stereocenters. The average Bonchev–Trinajstić information content (AvgIpc) is 2.28. The third-order valence-corrected chi connectivity index (χ3v) is 2.40. The van der Waals surface area contributed by atoms with Gasteiger partial charge in [0.25, 0.3) is 0 Å². The van der Waals surface area contributed by atoms with E-state index < -0.39 is 0 Å². The molecule has 3 nitrogen and oxygen atoms in total. The van der Waals surface area contributed by atoms with Crippen molar-refractivity contribution < 1.29 is 14.3 Å². The van der Waals surface area contributed by atoms with Crippen molar-refractivity contribution in [1.29, 1.82) is 0 Å². The summed E-state index contributed by atoms with van der Waals surface area (Å²) in [7, 11) is 0. The second kappa shape index (κ2) is 7.30. The zero-order chi connectivity index (χ0) is 12.7. The number of rotatable bonds is 7. The van der Waals surface area contributed by atoms with Crippen LogP contribution in [0.5, 0.6) is 5.75 Å². The van der Waals surface area contributed by atoms with Crippen LogP contribution in [0.4, 0.5) is 0 Å². The molecule has 0 aliphatic carbocycles. The Morgan fingerprint density at radius 2 is 2.12 bits per heavy atom. The average molecular weight is 257 g/mol. The van der Waals surface area contributed by atoms with Crippen LogP contribution in [0.15, 0.2) is 18.2 Å². The lowest BCUT2D eigenvalue weighted by Crippen LogP contribution is -2.10. The van der Waals surface area contributed by atoms with E-state index in [1.165, 1.54) is 0 Å². The van der Waals surface area contributed by atoms with Crippen molar-refractivity contribution in [3.63, 3.8) is 0 Å². The molecule has 1 rings (SSSR count). The largest absolute Gasteiger partial charge is 0.490 e. The zero-order valence-corrected chi connectivity index (χ0v) is 10.9. The highest BCUT2D eigenvalue weighted by atomic mass is 35.5. The number of hydrogen-bond acceptors (Lipinski definition) is 3. The minimum absolute atomic E-state index is 0.387. The van der Waals surface area contributed by atoms with Crippen LogP contribution in [0, 0.1) is 5.92 Å². The first-order valence-electron chi connectivity index (χ1n) is 5.59. The van der Waals surface area contributed by atoms with E-state index in [1.54, 1.807) is 18.2 Å². The van der Waals surface area contributed by atoms with E-state index in [4.69, 9.17) is 21.1 Å². The maximum absolute atomic E-state index is 10.8. The summed E-state index contributed by atoms with van der Waals surface area (Å²) >= 11 is 5.87. The van der Waals surface area contributed by atoms with Crippen LogP contribution in [-0.4, -0.2) is 26.1 Å². The van der Waals surface area contributed by atoms with Crippen LogP contribution in [0.2, 0.25) is 5.02 Å². The van der Waals surface area contributed by atoms with Gasteiger partial charge in [0.1, 0.15) is 12.4 Å². The van der Waals surface area contributed by atoms with E-state index in [2.05, 4.69) is 13.8 Å². The van der Waals surface area contributed by atoms with Crippen LogP contribution in [0.25, 0.3) is 0 Å². The van der Waals surface area contributed by atoms with Crippen molar-refractivity contribution in [2.45, 2.75) is 13.8 Å². The molecule has 0 saturated carbocycles. The summed E-state index contributed by atoms with van der Waals surface area (Å²) in [6.45, 7) is 5.79. The van der Waals surface area contributed by atoms with Crippen molar-refractivity contribution in [2.24, 2.45) is 5.92 Å². The van der Waals surface area contributed by atoms with Crippen LogP contribution in [-0.2, 0) is 4.74 Å². The monoisotopic (exact) mass is 256 g/mol. The number of halogens is 1. The van der Waals surface area contributed by atoms with Gasteiger partial charge in [0.2, 0.25) is 0 Å². The van der Waals surface area contributed by atoms with Gasteiger partial charge in [0, 0.05) is 6.61 Å². The predicted molar refractivity (Wildman–Crippen MR) is 68.0 cm³/mol. The molecule has 0 aromatic heterocycles. The van der Waals surface area contributed by atoms with Gasteiger partial charge in [-0.25, -0.2) is 0 Å². The molecule has 1 aromatic rings. The zero-order valence-electron chi connectivity index (χ0n) is 10.1. The van der Waals surface area contributed by atoms with E-state index in [-0.39, 0.29) is 0 Å². The minimum atomic E-state index is 0.387. The lowest BCUT2D eigenvalue weighted by molar-refractivity contribution is 0.0814. The molecule has 17 heavy (non-hydrogen) atoms. The molecule has 0 bridgehead atoms. The van der Waals surface area contributed by atoms with Gasteiger partial charge in [-0.1, -0.05) is 31.5 Å². The van der Waals surface area contributed by atoms with E-state index in [9.17, 15) is 4.79 Å². The van der Waals surface area contributed by atoms with E-state index in [1.807, 2.05) is 0 Å². The molecule has 0 saturated heterocycles. The lowest BCUT2D eigenvalue weighted by atomic mass is 10.2. The van der Waals surface area contributed by atoms with Crippen molar-refractivity contribution in [1.82, 2.24) is 0 Å². The van der Waals surface area contributed by atoms with Crippen LogP contribution >= 0.6 is 11.6 Å². The molecule has 0 aliphatic rings. The molecule has 0 atom stereocenters. The normalized spacial score (nSPS) is 10.6. The summed E-state index contributed by atoms with van der Waals surface area (Å²) in [5.41, 5.74) is 0.387. The lowest BCUT2D eigenvalue weighted by Gasteiger charge is -2.10. The Morgan fingerprint density at radius 3 is 2.76 bits per heavy atom. The van der Waals surface area contributed by atoms with Crippen molar-refractivity contribution >= 4 is 17.9 Å². The highest BCUT2D eigenvalue weighted by molar-refractivity contribution is 6.33. The van der Waals surface area contributed by atoms with Gasteiger partial charge in [-0.2, -0.15) is 0 Å². The molecule has 94 valence electrons. The molecule has 4 heteroatoms. The summed E-state index contributed by atoms with van der Waals surface area (Å²) in [5, 5.41) is 0.403. The maximum atomic E-state index is 10.8. The van der Waals surface area contributed by atoms with Crippen LogP contribution in [0.3, 0.4) is 0 Å². The number of aldehydes is 1. The standard InChI is InChI=1S/C13H17ClO3/c1-10(2)9-16-6-7-17-13-5-3-4-12(14)11(13)8-15/h3-5,8,10H,6-7,9H2,1-2H3. The Hall–Kier alpha value is -1.06. The smallest absolute Gasteiger partial charge is 0.155 e. The van der Waals surface area contributed by atoms with Gasteiger partial charge < -0.3 is 9.47 Å². The Balaban J connectivity index is 2.41. The molecule has 0 spiro atoms. The second-order valence-corrected chi connectivity index (χ2v) is 4.49. The van der Waals surface area contributed by atoms with Crippen LogP contribution < -0.4 is 4.74 Å². The molecule has 0 amide bonds. The van der Waals surface area contributed by atoms with Crippen LogP contribution in [0.1, 0.15) is 24.2 Å². The van der Waals surface area contributed by atoms with Gasteiger partial charge in [-0.3, -0.25) is 4.79 Å². The maximum Gasteiger partial charge on any atom is 0.155 e. The summed E-state index contributed by atoms with van der Waals surface area (Å²) in [6, 6.07) is 5.13. The number of ether oxygens (including phenoxy) is 2. The molecule has 0 radical (unpaired) electrons. The molecule has 0 heterocycles. The van der Waals surface area contributed by atoms with Gasteiger partial charge in [0.15, 0.2) is 6.29 Å². The first-order valence-corrected chi connectivity index (χ1v) is 5.97. The van der Waals surface area contributed by atoms with Gasteiger partial charge in [0.05, 0.1) is 17.2 Å². The summed E-state index contributed by atoms with van der Waals surface area (Å²) in [5.74, 6) is 1.01. The molecule has 1 aromatic carbocycles. The predicted octanol–water partition coefficient (Wildman–Crippen LogP) is 3.20. The van der Waals surface area contributed by atoms with E-state index in [0.29, 0.717) is 48.4 Å². The molecule has 0 aliphatic heterocycles. The first-order chi connectivity index (χ1) is 8.15. The highest BCUT2D eigenvalue weighted by Gasteiger charge is 2.06. The summed E-state index contributed by atoms with van der Waals surface area (Å²) in [4.78, 5) is 10.8. The van der Waals surface area contributed by atoms with E-state index in [0.717, 1.165) is 0 Å². The molecular weight excluding hydrogens is 240 g/mol. The fraction of sp³-hybridized carbons (Fsp3) is 0.462. The SMILES string of the molecule is CC(C)COCCOc1cccc(Cl)c1C=O. The number of carbonyl (C=O) groups excluding carboxylic acids is 1. The van der Waals surface area contributed by atoms with Crippen molar-refractivity contribution in [3.05, 3.63) is 28.8 Å². The Labute approximate surface area is 107 Å². The van der Waals surface area contributed by atoms with Gasteiger partial charge in [-0.15, -0.1) is 0 Å². The molecule has 0 fully saturated rings. The number of carbonyl (C=O) groups is 1. The van der Waals surface area contributed by atoms with Crippen molar-refractivity contribution in [2.75, 3.05) is 19.8 Å². The van der Waals surface area contributed by atoms with Crippen molar-refractivity contribution in [3.8, 4) is 5.75 Å². The fourth-order valence-corrected chi connectivity index (χ4v) is 1.50. The topological polar surface area (TPSA) is 35.5 Å². The fourth-order valence-electron chi connectivity index (χ4n) is 1.29. The van der Waals surface area contributed by atoms with Gasteiger partial charge >= 0.3 is 0 Å². The Kier molecular flexibility index (Phi) is 6.01. The third-order valence-electron chi connectivity index (χ3n) is 2.07. The first kappa shape index (κ1) is 14.0.